The number of hydrogen-bond donors (Lipinski definition) is 2. The Kier molecular flexibility index (Phi) is 5.78. The number of H-pyrrole nitrogens is 1. The van der Waals surface area contributed by atoms with Crippen molar-refractivity contribution in [2.24, 2.45) is 0 Å². The number of anilines is 1. The van der Waals surface area contributed by atoms with E-state index in [4.69, 9.17) is 4.74 Å². The molecule has 5 rings (SSSR count). The Morgan fingerprint density at radius 3 is 2.57 bits per heavy atom. The molecule has 1 aromatic heterocycles. The fourth-order valence-electron chi connectivity index (χ4n) is 4.16. The number of fused-ring (bicyclic) bond motifs is 2. The van der Waals surface area contributed by atoms with Crippen molar-refractivity contribution < 1.29 is 24.2 Å². The van der Waals surface area contributed by atoms with E-state index < -0.39 is 30.1 Å². The van der Waals surface area contributed by atoms with Crippen LogP contribution < -0.4 is 4.90 Å². The summed E-state index contributed by atoms with van der Waals surface area (Å²) in [5.74, 6) is -2.18. The van der Waals surface area contributed by atoms with E-state index >= 15 is 0 Å². The van der Waals surface area contributed by atoms with Crippen LogP contribution in [0.25, 0.3) is 16.6 Å². The van der Waals surface area contributed by atoms with Crippen LogP contribution in [0.4, 0.5) is 5.69 Å². The van der Waals surface area contributed by atoms with Crippen LogP contribution in [-0.2, 0) is 4.74 Å². The Bertz CT molecular complexity index is 1660. The highest BCUT2D eigenvalue weighted by atomic mass is 16.5. The second kappa shape index (κ2) is 9.09. The molecule has 9 heteroatoms. The minimum Gasteiger partial charge on any atom is -0.507 e. The number of nitrogens with one attached hydrogen (secondary N) is 1. The number of benzene rings is 3. The van der Waals surface area contributed by atoms with Crippen molar-refractivity contribution >= 4 is 40.1 Å². The molecule has 4 aromatic rings. The Morgan fingerprint density at radius 2 is 1.81 bits per heavy atom. The molecule has 2 N–H and O–H groups in total. The lowest BCUT2D eigenvalue weighted by Gasteiger charge is -2.17. The number of aromatic nitrogens is 2. The Balaban J connectivity index is 1.36. The highest BCUT2D eigenvalue weighted by Crippen LogP contribution is 2.32. The van der Waals surface area contributed by atoms with E-state index in [1.807, 2.05) is 32.0 Å². The standard InChI is InChI=1S/C28H20N4O5/c1-15-7-8-16(2)23(11-15)32-26(34)18-10-9-17(12-19(18)27(32)35)28(36)37-14-24(33)20(13-29)25-30-21-5-3-4-6-22(21)31-25/h3-12,33H,14H2,1-2H3,(H,30,31)/b24-20-. The van der Waals surface area contributed by atoms with Crippen molar-refractivity contribution in [2.75, 3.05) is 11.5 Å². The summed E-state index contributed by atoms with van der Waals surface area (Å²) in [6.45, 7) is 3.09. The minimum atomic E-state index is -0.832. The predicted octanol–water partition coefficient (Wildman–Crippen LogP) is 4.63. The molecule has 1 aliphatic heterocycles. The molecule has 0 spiro atoms. The van der Waals surface area contributed by atoms with Crippen molar-refractivity contribution in [3.05, 3.63) is 100 Å². The number of para-hydroxylation sites is 2. The van der Waals surface area contributed by atoms with E-state index in [2.05, 4.69) is 9.97 Å². The second-order valence-electron chi connectivity index (χ2n) is 8.61. The number of aryl methyl sites for hydroxylation is 2. The molecular weight excluding hydrogens is 472 g/mol. The van der Waals surface area contributed by atoms with Crippen LogP contribution in [0.5, 0.6) is 0 Å². The van der Waals surface area contributed by atoms with Crippen LogP contribution in [-0.4, -0.2) is 39.5 Å². The molecule has 0 unspecified atom stereocenters. The summed E-state index contributed by atoms with van der Waals surface area (Å²) in [5.41, 5.74) is 3.57. The molecule has 0 saturated carbocycles. The third kappa shape index (κ3) is 4.10. The average molecular weight is 492 g/mol. The highest BCUT2D eigenvalue weighted by Gasteiger charge is 2.38. The molecule has 0 saturated heterocycles. The number of nitrogens with zero attached hydrogens (tertiary/aromatic N) is 3. The lowest BCUT2D eigenvalue weighted by Crippen LogP contribution is -2.30. The number of amides is 2. The van der Waals surface area contributed by atoms with Gasteiger partial charge in [-0.25, -0.2) is 14.7 Å². The van der Waals surface area contributed by atoms with Crippen LogP contribution >= 0.6 is 0 Å². The van der Waals surface area contributed by atoms with Gasteiger partial charge in [-0.05, 0) is 61.4 Å². The maximum Gasteiger partial charge on any atom is 0.338 e. The smallest absolute Gasteiger partial charge is 0.338 e. The number of aromatic amines is 1. The molecule has 0 bridgehead atoms. The molecular formula is C28H20N4O5. The van der Waals surface area contributed by atoms with E-state index in [-0.39, 0.29) is 28.1 Å². The topological polar surface area (TPSA) is 136 Å². The lowest BCUT2D eigenvalue weighted by atomic mass is 10.1. The molecule has 2 heterocycles. The largest absolute Gasteiger partial charge is 0.507 e. The van der Waals surface area contributed by atoms with Gasteiger partial charge in [-0.1, -0.05) is 24.3 Å². The molecule has 182 valence electrons. The van der Waals surface area contributed by atoms with Gasteiger partial charge in [-0.15, -0.1) is 0 Å². The predicted molar refractivity (Wildman–Crippen MR) is 135 cm³/mol. The van der Waals surface area contributed by atoms with Gasteiger partial charge >= 0.3 is 5.97 Å². The quantitative estimate of drug-likeness (QED) is 0.179. The SMILES string of the molecule is Cc1ccc(C)c(N2C(=O)c3ccc(C(=O)OC/C(O)=C(\C#N)c4nc5ccccc5[nH]4)cc3C2=O)c1. The van der Waals surface area contributed by atoms with Gasteiger partial charge < -0.3 is 14.8 Å². The zero-order valence-corrected chi connectivity index (χ0v) is 19.9. The number of carbonyl (C=O) groups excluding carboxylic acids is 3. The van der Waals surface area contributed by atoms with Crippen LogP contribution in [0, 0.1) is 25.2 Å². The number of rotatable bonds is 5. The van der Waals surface area contributed by atoms with Gasteiger partial charge in [0.2, 0.25) is 0 Å². The van der Waals surface area contributed by atoms with E-state index in [9.17, 15) is 24.8 Å². The number of hydrogen-bond acceptors (Lipinski definition) is 7. The van der Waals surface area contributed by atoms with Crippen molar-refractivity contribution in [2.45, 2.75) is 13.8 Å². The molecule has 0 aliphatic carbocycles. The van der Waals surface area contributed by atoms with Crippen molar-refractivity contribution in [1.82, 2.24) is 9.97 Å². The molecule has 3 aromatic carbocycles. The summed E-state index contributed by atoms with van der Waals surface area (Å²) in [6, 6.07) is 18.6. The minimum absolute atomic E-state index is 0.0257. The molecule has 0 atom stereocenters. The summed E-state index contributed by atoms with van der Waals surface area (Å²) in [7, 11) is 0. The third-order valence-electron chi connectivity index (χ3n) is 6.09. The Hall–Kier alpha value is -5.23. The highest BCUT2D eigenvalue weighted by molar-refractivity contribution is 6.35. The monoisotopic (exact) mass is 492 g/mol. The number of ether oxygens (including phenoxy) is 1. The molecule has 37 heavy (non-hydrogen) atoms. The summed E-state index contributed by atoms with van der Waals surface area (Å²) in [5, 5.41) is 20.0. The normalized spacial score (nSPS) is 13.4. The van der Waals surface area contributed by atoms with E-state index in [1.54, 1.807) is 30.3 Å². The summed E-state index contributed by atoms with van der Waals surface area (Å²) in [4.78, 5) is 47.1. The number of aliphatic hydroxyl groups excluding tert-OH is 1. The fourth-order valence-corrected chi connectivity index (χ4v) is 4.16. The first kappa shape index (κ1) is 23.5. The van der Waals surface area contributed by atoms with Crippen molar-refractivity contribution in [3.63, 3.8) is 0 Å². The van der Waals surface area contributed by atoms with Gasteiger partial charge in [0.1, 0.15) is 18.2 Å². The van der Waals surface area contributed by atoms with E-state index in [0.717, 1.165) is 16.0 Å². The average Bonchev–Trinajstić information content (AvgIpc) is 3.42. The van der Waals surface area contributed by atoms with Crippen LogP contribution in [0.3, 0.4) is 0 Å². The van der Waals surface area contributed by atoms with Crippen molar-refractivity contribution in [1.29, 1.82) is 5.26 Å². The Morgan fingerprint density at radius 1 is 1.05 bits per heavy atom. The maximum absolute atomic E-state index is 13.1. The third-order valence-corrected chi connectivity index (χ3v) is 6.09. The van der Waals surface area contributed by atoms with Gasteiger partial charge in [-0.2, -0.15) is 5.26 Å². The van der Waals surface area contributed by atoms with E-state index in [1.165, 1.54) is 18.2 Å². The van der Waals surface area contributed by atoms with E-state index in [0.29, 0.717) is 16.7 Å². The molecule has 1 aliphatic rings. The van der Waals surface area contributed by atoms with Crippen molar-refractivity contribution in [3.8, 4) is 6.07 Å². The zero-order chi connectivity index (χ0) is 26.3. The maximum atomic E-state index is 13.1. The second-order valence-corrected chi connectivity index (χ2v) is 8.61. The number of aliphatic hydroxyl groups is 1. The Labute approximate surface area is 211 Å². The fraction of sp³-hybridized carbons (Fsp3) is 0.107. The van der Waals surface area contributed by atoms with Gasteiger partial charge in [-0.3, -0.25) is 9.59 Å². The first-order valence-electron chi connectivity index (χ1n) is 11.3. The molecule has 0 radical (unpaired) electrons. The molecule has 9 nitrogen and oxygen atoms in total. The first-order valence-corrected chi connectivity index (χ1v) is 11.3. The van der Waals surface area contributed by atoms with Gasteiger partial charge in [0, 0.05) is 0 Å². The summed E-state index contributed by atoms with van der Waals surface area (Å²) in [6.07, 6.45) is 0. The molecule has 2 amide bonds. The zero-order valence-electron chi connectivity index (χ0n) is 19.9. The number of esters is 1. The van der Waals surface area contributed by atoms with Gasteiger partial charge in [0.25, 0.3) is 11.8 Å². The number of carbonyl (C=O) groups is 3. The summed E-state index contributed by atoms with van der Waals surface area (Å²) < 4.78 is 5.19. The number of allylic oxidation sites excluding steroid dienone is 1. The number of nitriles is 1. The number of imidazole rings is 1. The van der Waals surface area contributed by atoms with Gasteiger partial charge in [0.15, 0.2) is 11.6 Å². The molecule has 0 fully saturated rings. The van der Waals surface area contributed by atoms with Gasteiger partial charge in [0.05, 0.1) is 33.4 Å². The summed E-state index contributed by atoms with van der Waals surface area (Å²) >= 11 is 0. The van der Waals surface area contributed by atoms with Crippen LogP contribution in [0.2, 0.25) is 0 Å². The number of imide groups is 1. The van der Waals surface area contributed by atoms with Crippen LogP contribution in [0.15, 0.2) is 66.4 Å². The lowest BCUT2D eigenvalue weighted by molar-refractivity contribution is 0.0502. The van der Waals surface area contributed by atoms with Crippen LogP contribution in [0.1, 0.15) is 48.0 Å². The first-order chi connectivity index (χ1) is 17.8.